The number of rotatable bonds is 5. The second kappa shape index (κ2) is 6.52. The van der Waals surface area contributed by atoms with E-state index in [1.807, 2.05) is 38.1 Å². The van der Waals surface area contributed by atoms with E-state index >= 15 is 0 Å². The van der Waals surface area contributed by atoms with Gasteiger partial charge in [0.25, 0.3) is 0 Å². The van der Waals surface area contributed by atoms with Crippen LogP contribution in [0.2, 0.25) is 0 Å². The molecule has 0 aliphatic rings. The van der Waals surface area contributed by atoms with Gasteiger partial charge in [0.1, 0.15) is 0 Å². The number of aromatic amines is 1. The Labute approximate surface area is 143 Å². The maximum absolute atomic E-state index is 12.8. The SMILES string of the molecule is CCc1nnsc1C(=O)O[C@H](C)C(=O)c1c(C)[nH]c2ccccc12. The molecule has 1 N–H and O–H groups in total. The van der Waals surface area contributed by atoms with Gasteiger partial charge < -0.3 is 9.72 Å². The predicted molar refractivity (Wildman–Crippen MR) is 91.5 cm³/mol. The van der Waals surface area contributed by atoms with Crippen LogP contribution >= 0.6 is 11.5 Å². The molecule has 0 unspecified atom stereocenters. The van der Waals surface area contributed by atoms with E-state index in [9.17, 15) is 9.59 Å². The average Bonchev–Trinajstić information content (AvgIpc) is 3.17. The van der Waals surface area contributed by atoms with Gasteiger partial charge in [-0.25, -0.2) is 4.79 Å². The second-order valence-electron chi connectivity index (χ2n) is 5.48. The number of Topliss-reactive ketones (excluding diaryl/α,β-unsaturated/α-hetero) is 1. The lowest BCUT2D eigenvalue weighted by molar-refractivity contribution is 0.0322. The standard InChI is InChI=1S/C17H17N3O3S/c1-4-12-16(24-20-19-12)17(22)23-10(3)15(21)14-9(2)18-13-8-6-5-7-11(13)14/h5-8,10,18H,4H2,1-3H3/t10-/m1/s1. The summed E-state index contributed by atoms with van der Waals surface area (Å²) in [5, 5.41) is 4.72. The summed E-state index contributed by atoms with van der Waals surface area (Å²) < 4.78 is 9.13. The van der Waals surface area contributed by atoms with Gasteiger partial charge in [0.2, 0.25) is 5.78 Å². The molecule has 0 aliphatic carbocycles. The van der Waals surface area contributed by atoms with Crippen LogP contribution in [0.1, 0.15) is 45.3 Å². The maximum Gasteiger partial charge on any atom is 0.352 e. The van der Waals surface area contributed by atoms with Crippen molar-refractivity contribution in [2.24, 2.45) is 0 Å². The molecule has 2 heterocycles. The number of carbonyl (C=O) groups is 2. The predicted octanol–water partition coefficient (Wildman–Crippen LogP) is 3.32. The zero-order valence-electron chi connectivity index (χ0n) is 13.6. The highest BCUT2D eigenvalue weighted by Crippen LogP contribution is 2.24. The number of H-pyrrole nitrogens is 1. The van der Waals surface area contributed by atoms with Crippen LogP contribution in [0.3, 0.4) is 0 Å². The van der Waals surface area contributed by atoms with Crippen LogP contribution in [-0.4, -0.2) is 32.4 Å². The van der Waals surface area contributed by atoms with Crippen molar-refractivity contribution in [3.05, 3.63) is 46.1 Å². The van der Waals surface area contributed by atoms with Crippen molar-refractivity contribution in [3.8, 4) is 0 Å². The Morgan fingerprint density at radius 1 is 1.33 bits per heavy atom. The van der Waals surface area contributed by atoms with E-state index < -0.39 is 12.1 Å². The number of nitrogens with one attached hydrogen (secondary N) is 1. The fourth-order valence-electron chi connectivity index (χ4n) is 2.66. The Kier molecular flexibility index (Phi) is 4.44. The van der Waals surface area contributed by atoms with Crippen LogP contribution in [-0.2, 0) is 11.2 Å². The molecule has 1 atom stereocenters. The highest BCUT2D eigenvalue weighted by atomic mass is 32.1. The van der Waals surface area contributed by atoms with Crippen LogP contribution < -0.4 is 0 Å². The van der Waals surface area contributed by atoms with Crippen LogP contribution in [0.4, 0.5) is 0 Å². The number of benzene rings is 1. The van der Waals surface area contributed by atoms with E-state index in [0.717, 1.165) is 28.1 Å². The molecule has 124 valence electrons. The first-order valence-corrected chi connectivity index (χ1v) is 8.44. The Morgan fingerprint density at radius 3 is 2.83 bits per heavy atom. The Hall–Kier alpha value is -2.54. The monoisotopic (exact) mass is 343 g/mol. The van der Waals surface area contributed by atoms with E-state index in [1.54, 1.807) is 6.92 Å². The van der Waals surface area contributed by atoms with E-state index in [1.165, 1.54) is 0 Å². The number of carbonyl (C=O) groups excluding carboxylic acids is 2. The summed E-state index contributed by atoms with van der Waals surface area (Å²) in [6.45, 7) is 5.31. The van der Waals surface area contributed by atoms with Crippen molar-refractivity contribution in [2.75, 3.05) is 0 Å². The molecule has 6 nitrogen and oxygen atoms in total. The van der Waals surface area contributed by atoms with Crippen molar-refractivity contribution in [1.82, 2.24) is 14.6 Å². The summed E-state index contributed by atoms with van der Waals surface area (Å²) in [5.74, 6) is -0.783. The van der Waals surface area contributed by atoms with E-state index in [4.69, 9.17) is 4.74 Å². The lowest BCUT2D eigenvalue weighted by Crippen LogP contribution is -2.25. The Morgan fingerprint density at radius 2 is 2.08 bits per heavy atom. The fraction of sp³-hybridized carbons (Fsp3) is 0.294. The molecule has 0 saturated heterocycles. The minimum absolute atomic E-state index is 0.228. The minimum Gasteiger partial charge on any atom is -0.450 e. The molecule has 0 spiro atoms. The molecule has 0 aliphatic heterocycles. The quantitative estimate of drug-likeness (QED) is 0.567. The summed E-state index contributed by atoms with van der Waals surface area (Å²) in [6, 6.07) is 7.56. The molecule has 0 bridgehead atoms. The number of fused-ring (bicyclic) bond motifs is 1. The van der Waals surface area contributed by atoms with Crippen molar-refractivity contribution in [3.63, 3.8) is 0 Å². The van der Waals surface area contributed by atoms with E-state index in [-0.39, 0.29) is 5.78 Å². The molecule has 24 heavy (non-hydrogen) atoms. The molecule has 0 fully saturated rings. The number of esters is 1. The van der Waals surface area contributed by atoms with E-state index in [0.29, 0.717) is 22.6 Å². The number of aromatic nitrogens is 3. The van der Waals surface area contributed by atoms with Gasteiger partial charge in [-0.3, -0.25) is 4.79 Å². The maximum atomic E-state index is 12.8. The van der Waals surface area contributed by atoms with Gasteiger partial charge in [-0.1, -0.05) is 29.6 Å². The summed E-state index contributed by atoms with van der Waals surface area (Å²) >= 11 is 0.986. The summed E-state index contributed by atoms with van der Waals surface area (Å²) in [7, 11) is 0. The summed E-state index contributed by atoms with van der Waals surface area (Å²) in [6.07, 6.45) is -0.299. The lowest BCUT2D eigenvalue weighted by Gasteiger charge is -2.12. The molecule has 7 heteroatoms. The molecule has 3 aromatic rings. The third kappa shape index (κ3) is 2.82. The topological polar surface area (TPSA) is 84.9 Å². The Bertz CT molecular complexity index is 913. The first-order valence-electron chi connectivity index (χ1n) is 7.66. The number of aryl methyl sites for hydroxylation is 2. The van der Waals surface area contributed by atoms with Crippen molar-refractivity contribution in [2.45, 2.75) is 33.3 Å². The third-order valence-corrected chi connectivity index (χ3v) is 4.62. The molecule has 2 aromatic heterocycles. The van der Waals surface area contributed by atoms with Crippen LogP contribution in [0, 0.1) is 6.92 Å². The molecular formula is C17H17N3O3S. The number of hydrogen-bond acceptors (Lipinski definition) is 6. The van der Waals surface area contributed by atoms with Crippen LogP contribution in [0.25, 0.3) is 10.9 Å². The van der Waals surface area contributed by atoms with Crippen LogP contribution in [0.5, 0.6) is 0 Å². The second-order valence-corrected chi connectivity index (χ2v) is 6.24. The van der Waals surface area contributed by atoms with Gasteiger partial charge in [-0.05, 0) is 37.9 Å². The summed E-state index contributed by atoms with van der Waals surface area (Å²) in [5.41, 5.74) is 2.80. The largest absolute Gasteiger partial charge is 0.450 e. The van der Waals surface area contributed by atoms with Gasteiger partial charge in [0.15, 0.2) is 11.0 Å². The smallest absolute Gasteiger partial charge is 0.352 e. The van der Waals surface area contributed by atoms with Crippen molar-refractivity contribution < 1.29 is 14.3 Å². The lowest BCUT2D eigenvalue weighted by atomic mass is 10.0. The minimum atomic E-state index is -0.887. The van der Waals surface area contributed by atoms with Crippen molar-refractivity contribution in [1.29, 1.82) is 0 Å². The number of para-hydroxylation sites is 1. The normalized spacial score (nSPS) is 12.3. The number of ketones is 1. The average molecular weight is 343 g/mol. The third-order valence-electron chi connectivity index (χ3n) is 3.87. The number of nitrogens with zero attached hydrogens (tertiary/aromatic N) is 2. The van der Waals surface area contributed by atoms with Crippen LogP contribution in [0.15, 0.2) is 24.3 Å². The first-order chi connectivity index (χ1) is 11.5. The molecule has 1 aromatic carbocycles. The highest BCUT2D eigenvalue weighted by Gasteiger charge is 2.26. The molecule has 3 rings (SSSR count). The first kappa shape index (κ1) is 16.3. The van der Waals surface area contributed by atoms with Gasteiger partial charge in [-0.15, -0.1) is 5.10 Å². The zero-order valence-corrected chi connectivity index (χ0v) is 14.4. The highest BCUT2D eigenvalue weighted by molar-refractivity contribution is 7.07. The number of ether oxygens (including phenoxy) is 1. The van der Waals surface area contributed by atoms with Gasteiger partial charge >= 0.3 is 5.97 Å². The summed E-state index contributed by atoms with van der Waals surface area (Å²) in [4.78, 5) is 28.6. The molecule has 0 radical (unpaired) electrons. The molecule has 0 saturated carbocycles. The van der Waals surface area contributed by atoms with Gasteiger partial charge in [0.05, 0.1) is 5.69 Å². The fourth-order valence-corrected chi connectivity index (χ4v) is 3.29. The number of hydrogen-bond donors (Lipinski definition) is 1. The molecule has 0 amide bonds. The van der Waals surface area contributed by atoms with Crippen molar-refractivity contribution >= 4 is 34.2 Å². The van der Waals surface area contributed by atoms with Gasteiger partial charge in [0, 0.05) is 22.2 Å². The van der Waals surface area contributed by atoms with E-state index in [2.05, 4.69) is 14.6 Å². The molecular weight excluding hydrogens is 326 g/mol. The Balaban J connectivity index is 1.84. The van der Waals surface area contributed by atoms with Gasteiger partial charge in [-0.2, -0.15) is 0 Å². The zero-order chi connectivity index (χ0) is 17.3.